The van der Waals surface area contributed by atoms with Crippen LogP contribution in [0.15, 0.2) is 24.3 Å². The molecule has 0 aromatic heterocycles. The van der Waals surface area contributed by atoms with E-state index in [1.165, 1.54) is 11.1 Å². The summed E-state index contributed by atoms with van der Waals surface area (Å²) in [7, 11) is 0. The summed E-state index contributed by atoms with van der Waals surface area (Å²) < 4.78 is 0. The molecule has 96 valence electrons. The average molecular weight is 244 g/mol. The zero-order valence-corrected chi connectivity index (χ0v) is 10.9. The molecule has 0 radical (unpaired) electrons. The van der Waals surface area contributed by atoms with Crippen molar-refractivity contribution in [2.45, 2.75) is 44.8 Å². The Morgan fingerprint density at radius 1 is 1.33 bits per heavy atom. The second-order valence-electron chi connectivity index (χ2n) is 5.45. The molecule has 1 amide bonds. The summed E-state index contributed by atoms with van der Waals surface area (Å²) in [5.41, 5.74) is 2.80. The van der Waals surface area contributed by atoms with E-state index in [0.717, 1.165) is 32.4 Å². The predicted molar refractivity (Wildman–Crippen MR) is 71.2 cm³/mol. The highest BCUT2D eigenvalue weighted by Gasteiger charge is 2.29. The average Bonchev–Trinajstić information content (AvgIpc) is 3.21. The zero-order valence-electron chi connectivity index (χ0n) is 10.9. The maximum absolute atomic E-state index is 12.1. The molecule has 1 N–H and O–H groups in total. The van der Waals surface area contributed by atoms with E-state index in [-0.39, 0.29) is 11.9 Å². The van der Waals surface area contributed by atoms with E-state index < -0.39 is 0 Å². The smallest absolute Gasteiger partial charge is 0.237 e. The molecule has 1 heterocycles. The molecule has 1 aliphatic heterocycles. The van der Waals surface area contributed by atoms with Crippen molar-refractivity contribution in [2.75, 3.05) is 6.54 Å². The van der Waals surface area contributed by atoms with Crippen LogP contribution in [-0.4, -0.2) is 29.4 Å². The van der Waals surface area contributed by atoms with Gasteiger partial charge in [0.15, 0.2) is 0 Å². The van der Waals surface area contributed by atoms with Crippen LogP contribution in [0.2, 0.25) is 0 Å². The lowest BCUT2D eigenvalue weighted by Gasteiger charge is -2.32. The van der Waals surface area contributed by atoms with Crippen molar-refractivity contribution in [2.24, 2.45) is 0 Å². The fourth-order valence-electron chi connectivity index (χ4n) is 2.56. The Labute approximate surface area is 108 Å². The molecule has 1 saturated carbocycles. The van der Waals surface area contributed by atoms with E-state index in [9.17, 15) is 4.79 Å². The van der Waals surface area contributed by atoms with E-state index in [1.807, 2.05) is 6.92 Å². The third-order valence-corrected chi connectivity index (χ3v) is 4.01. The van der Waals surface area contributed by atoms with Gasteiger partial charge in [0.1, 0.15) is 0 Å². The summed E-state index contributed by atoms with van der Waals surface area (Å²) in [6, 6.07) is 8.99. The maximum atomic E-state index is 12.1. The highest BCUT2D eigenvalue weighted by Crippen LogP contribution is 2.22. The first-order valence-electron chi connectivity index (χ1n) is 6.85. The van der Waals surface area contributed by atoms with Crippen molar-refractivity contribution >= 4 is 5.91 Å². The number of hydrogen-bond acceptors (Lipinski definition) is 2. The van der Waals surface area contributed by atoms with Crippen molar-refractivity contribution in [3.63, 3.8) is 0 Å². The Balaban J connectivity index is 1.65. The van der Waals surface area contributed by atoms with Crippen LogP contribution in [0, 0.1) is 0 Å². The number of fused-ring (bicyclic) bond motifs is 1. The quantitative estimate of drug-likeness (QED) is 0.878. The molecule has 3 nitrogen and oxygen atoms in total. The van der Waals surface area contributed by atoms with Crippen LogP contribution in [-0.2, 0) is 17.8 Å². The molecular formula is C15H20N2O. The molecule has 18 heavy (non-hydrogen) atoms. The van der Waals surface area contributed by atoms with Gasteiger partial charge in [0.2, 0.25) is 5.91 Å². The molecule has 1 atom stereocenters. The van der Waals surface area contributed by atoms with Gasteiger partial charge in [-0.15, -0.1) is 0 Å². The molecule has 1 aliphatic carbocycles. The number of nitrogens with zero attached hydrogens (tertiary/aromatic N) is 1. The Hall–Kier alpha value is -1.35. The molecule has 0 spiro atoms. The Morgan fingerprint density at radius 3 is 2.78 bits per heavy atom. The number of nitrogens with one attached hydrogen (secondary N) is 1. The number of benzene rings is 1. The third kappa shape index (κ3) is 2.41. The third-order valence-electron chi connectivity index (χ3n) is 4.01. The summed E-state index contributed by atoms with van der Waals surface area (Å²) in [5.74, 6) is 0.192. The maximum Gasteiger partial charge on any atom is 0.237 e. The minimum Gasteiger partial charge on any atom is -0.352 e. The number of carbonyl (C=O) groups is 1. The van der Waals surface area contributed by atoms with Gasteiger partial charge < -0.3 is 5.32 Å². The minimum absolute atomic E-state index is 0.0149. The standard InChI is InChI=1S/C15H20N2O/c1-11(15(18)16-14-6-7-14)17-9-8-12-4-2-3-5-13(12)10-17/h2-5,11,14H,6-10H2,1H3,(H,16,18). The van der Waals surface area contributed by atoms with E-state index >= 15 is 0 Å². The molecule has 1 aromatic carbocycles. The fourth-order valence-corrected chi connectivity index (χ4v) is 2.56. The lowest BCUT2D eigenvalue weighted by molar-refractivity contribution is -0.126. The van der Waals surface area contributed by atoms with Crippen molar-refractivity contribution in [1.29, 1.82) is 0 Å². The zero-order chi connectivity index (χ0) is 12.5. The van der Waals surface area contributed by atoms with Gasteiger partial charge in [-0.25, -0.2) is 0 Å². The number of carbonyl (C=O) groups excluding carboxylic acids is 1. The number of amides is 1. The Morgan fingerprint density at radius 2 is 2.06 bits per heavy atom. The molecule has 1 fully saturated rings. The Kier molecular flexibility index (Phi) is 3.08. The summed E-state index contributed by atoms with van der Waals surface area (Å²) >= 11 is 0. The van der Waals surface area contributed by atoms with Gasteiger partial charge in [-0.3, -0.25) is 9.69 Å². The predicted octanol–water partition coefficient (Wildman–Crippen LogP) is 1.71. The van der Waals surface area contributed by atoms with Crippen LogP contribution in [0.4, 0.5) is 0 Å². The normalized spacial score (nSPS) is 21.2. The molecule has 2 aliphatic rings. The van der Waals surface area contributed by atoms with Crippen LogP contribution in [0.25, 0.3) is 0 Å². The molecule has 3 rings (SSSR count). The molecule has 1 unspecified atom stereocenters. The first kappa shape index (κ1) is 11.7. The lowest BCUT2D eigenvalue weighted by Crippen LogP contribution is -2.47. The van der Waals surface area contributed by atoms with Crippen LogP contribution < -0.4 is 5.32 Å². The van der Waals surface area contributed by atoms with Gasteiger partial charge in [0, 0.05) is 19.1 Å². The van der Waals surface area contributed by atoms with Gasteiger partial charge in [-0.2, -0.15) is 0 Å². The lowest BCUT2D eigenvalue weighted by atomic mass is 9.99. The van der Waals surface area contributed by atoms with Gasteiger partial charge in [-0.05, 0) is 37.3 Å². The van der Waals surface area contributed by atoms with E-state index in [2.05, 4.69) is 34.5 Å². The second kappa shape index (κ2) is 4.73. The Bertz CT molecular complexity index is 454. The first-order chi connectivity index (χ1) is 8.74. The van der Waals surface area contributed by atoms with Crippen molar-refractivity contribution in [1.82, 2.24) is 10.2 Å². The van der Waals surface area contributed by atoms with Crippen LogP contribution in [0.1, 0.15) is 30.9 Å². The molecule has 1 aromatic rings. The van der Waals surface area contributed by atoms with Crippen LogP contribution in [0.5, 0.6) is 0 Å². The van der Waals surface area contributed by atoms with Gasteiger partial charge in [-0.1, -0.05) is 24.3 Å². The van der Waals surface area contributed by atoms with Crippen molar-refractivity contribution < 1.29 is 4.79 Å². The summed E-state index contributed by atoms with van der Waals surface area (Å²) in [6.07, 6.45) is 3.36. The van der Waals surface area contributed by atoms with E-state index in [4.69, 9.17) is 0 Å². The van der Waals surface area contributed by atoms with E-state index in [1.54, 1.807) is 0 Å². The topological polar surface area (TPSA) is 32.3 Å². The van der Waals surface area contributed by atoms with Crippen molar-refractivity contribution in [3.05, 3.63) is 35.4 Å². The van der Waals surface area contributed by atoms with Crippen molar-refractivity contribution in [3.8, 4) is 0 Å². The summed E-state index contributed by atoms with van der Waals surface area (Å²) in [5, 5.41) is 3.09. The SMILES string of the molecule is CC(C(=O)NC1CC1)N1CCc2ccccc2C1. The van der Waals surface area contributed by atoms with E-state index in [0.29, 0.717) is 6.04 Å². The largest absolute Gasteiger partial charge is 0.352 e. The molecular weight excluding hydrogens is 224 g/mol. The molecule has 3 heteroatoms. The summed E-state index contributed by atoms with van der Waals surface area (Å²) in [6.45, 7) is 3.90. The monoisotopic (exact) mass is 244 g/mol. The van der Waals surface area contributed by atoms with Crippen LogP contribution in [0.3, 0.4) is 0 Å². The van der Waals surface area contributed by atoms with Gasteiger partial charge in [0.25, 0.3) is 0 Å². The first-order valence-corrected chi connectivity index (χ1v) is 6.85. The number of hydrogen-bond donors (Lipinski definition) is 1. The van der Waals surface area contributed by atoms with Gasteiger partial charge in [0.05, 0.1) is 6.04 Å². The minimum atomic E-state index is -0.0149. The molecule has 0 saturated heterocycles. The van der Waals surface area contributed by atoms with Gasteiger partial charge >= 0.3 is 0 Å². The molecule has 0 bridgehead atoms. The highest BCUT2D eigenvalue weighted by molar-refractivity contribution is 5.81. The highest BCUT2D eigenvalue weighted by atomic mass is 16.2. The van der Waals surface area contributed by atoms with Crippen LogP contribution >= 0.6 is 0 Å². The second-order valence-corrected chi connectivity index (χ2v) is 5.45. The number of rotatable bonds is 3. The summed E-state index contributed by atoms with van der Waals surface area (Å²) in [4.78, 5) is 14.3. The fraction of sp³-hybridized carbons (Fsp3) is 0.533.